The molecule has 1 aromatic heterocycles. The molecule has 26 heavy (non-hydrogen) atoms. The number of benzene rings is 2. The average molecular weight is 361 g/mol. The zero-order chi connectivity index (χ0) is 18.7. The highest BCUT2D eigenvalue weighted by atomic mass is 19.2. The number of nitrogens with one attached hydrogen (secondary N) is 2. The fraction of sp³-hybridized carbons (Fsp3) is 0. The Hall–Kier alpha value is -3.42. The van der Waals surface area contributed by atoms with Gasteiger partial charge in [-0.15, -0.1) is 0 Å². The lowest BCUT2D eigenvalue weighted by molar-refractivity contribution is 0.101. The third-order valence-corrected chi connectivity index (χ3v) is 3.43. The van der Waals surface area contributed by atoms with Gasteiger partial charge in [-0.2, -0.15) is 0 Å². The normalized spacial score (nSPS) is 10.5. The molecule has 8 heteroatoms. The number of anilines is 3. The first-order chi connectivity index (χ1) is 12.5. The van der Waals surface area contributed by atoms with Crippen LogP contribution in [0.15, 0.2) is 54.7 Å². The van der Waals surface area contributed by atoms with Crippen molar-refractivity contribution >= 4 is 23.1 Å². The summed E-state index contributed by atoms with van der Waals surface area (Å²) in [6, 6.07) is 9.51. The lowest BCUT2D eigenvalue weighted by Crippen LogP contribution is -2.16. The van der Waals surface area contributed by atoms with Crippen LogP contribution in [0.5, 0.6) is 0 Å². The van der Waals surface area contributed by atoms with Crippen molar-refractivity contribution in [2.24, 2.45) is 0 Å². The lowest BCUT2D eigenvalue weighted by Gasteiger charge is -2.09. The minimum absolute atomic E-state index is 0.109. The number of hydrogen-bond acceptors (Lipinski definition) is 3. The summed E-state index contributed by atoms with van der Waals surface area (Å²) >= 11 is 0. The Balaban J connectivity index is 1.74. The van der Waals surface area contributed by atoms with Gasteiger partial charge < -0.3 is 10.6 Å². The van der Waals surface area contributed by atoms with E-state index in [9.17, 15) is 22.4 Å². The van der Waals surface area contributed by atoms with Crippen LogP contribution in [-0.2, 0) is 0 Å². The number of halogens is 4. The summed E-state index contributed by atoms with van der Waals surface area (Å²) in [5.41, 5.74) is -0.651. The van der Waals surface area contributed by atoms with E-state index in [4.69, 9.17) is 0 Å². The van der Waals surface area contributed by atoms with E-state index in [2.05, 4.69) is 15.6 Å². The molecule has 0 spiro atoms. The number of pyridine rings is 1. The molecule has 0 bridgehead atoms. The summed E-state index contributed by atoms with van der Waals surface area (Å²) < 4.78 is 54.0. The van der Waals surface area contributed by atoms with Crippen molar-refractivity contribution < 1.29 is 22.4 Å². The van der Waals surface area contributed by atoms with Crippen molar-refractivity contribution in [2.75, 3.05) is 10.6 Å². The second-order valence-corrected chi connectivity index (χ2v) is 5.21. The molecule has 3 aromatic rings. The number of carbonyl (C=O) groups excluding carboxylic acids is 1. The second kappa shape index (κ2) is 7.22. The molecule has 3 rings (SSSR count). The van der Waals surface area contributed by atoms with Crippen LogP contribution >= 0.6 is 0 Å². The van der Waals surface area contributed by atoms with Gasteiger partial charge in [0, 0.05) is 0 Å². The van der Waals surface area contributed by atoms with Crippen LogP contribution in [0.1, 0.15) is 10.4 Å². The van der Waals surface area contributed by atoms with Gasteiger partial charge in [-0.3, -0.25) is 4.79 Å². The van der Waals surface area contributed by atoms with Crippen LogP contribution in [0.25, 0.3) is 0 Å². The quantitative estimate of drug-likeness (QED) is 0.666. The first kappa shape index (κ1) is 17.4. The minimum atomic E-state index is -1.05. The van der Waals surface area contributed by atoms with Gasteiger partial charge in [0.2, 0.25) is 0 Å². The van der Waals surface area contributed by atoms with Crippen LogP contribution in [0, 0.1) is 23.3 Å². The number of hydrogen-bond donors (Lipinski definition) is 2. The van der Waals surface area contributed by atoms with Crippen molar-refractivity contribution in [3.05, 3.63) is 83.6 Å². The van der Waals surface area contributed by atoms with E-state index >= 15 is 0 Å². The van der Waals surface area contributed by atoms with E-state index in [1.165, 1.54) is 30.5 Å². The van der Waals surface area contributed by atoms with E-state index in [0.717, 1.165) is 24.3 Å². The van der Waals surface area contributed by atoms with Gasteiger partial charge in [-0.05, 0) is 36.4 Å². The Morgan fingerprint density at radius 1 is 0.846 bits per heavy atom. The van der Waals surface area contributed by atoms with Gasteiger partial charge in [-0.25, -0.2) is 22.5 Å². The summed E-state index contributed by atoms with van der Waals surface area (Å²) in [5.74, 6) is -4.83. The van der Waals surface area contributed by atoms with Crippen molar-refractivity contribution in [2.45, 2.75) is 0 Å². The van der Waals surface area contributed by atoms with Crippen LogP contribution in [0.3, 0.4) is 0 Å². The molecule has 0 atom stereocenters. The summed E-state index contributed by atoms with van der Waals surface area (Å²) in [6.45, 7) is 0. The maximum Gasteiger partial charge on any atom is 0.261 e. The Labute approximate surface area is 145 Å². The monoisotopic (exact) mass is 361 g/mol. The molecule has 0 saturated heterocycles. The second-order valence-electron chi connectivity index (χ2n) is 5.21. The van der Waals surface area contributed by atoms with Crippen LogP contribution in [0.4, 0.5) is 34.8 Å². The summed E-state index contributed by atoms with van der Waals surface area (Å²) in [5, 5.41) is 4.89. The van der Waals surface area contributed by atoms with Crippen LogP contribution in [-0.4, -0.2) is 10.9 Å². The zero-order valence-electron chi connectivity index (χ0n) is 13.1. The molecule has 0 radical (unpaired) electrons. The van der Waals surface area contributed by atoms with Crippen molar-refractivity contribution in [1.29, 1.82) is 0 Å². The Morgan fingerprint density at radius 2 is 1.50 bits per heavy atom. The van der Waals surface area contributed by atoms with E-state index in [1.807, 2.05) is 0 Å². The number of amides is 1. The zero-order valence-corrected chi connectivity index (χ0v) is 13.1. The number of carbonyl (C=O) groups is 1. The molecule has 4 nitrogen and oxygen atoms in total. The Kier molecular flexibility index (Phi) is 4.83. The van der Waals surface area contributed by atoms with Crippen molar-refractivity contribution in [3.63, 3.8) is 0 Å². The average Bonchev–Trinajstić information content (AvgIpc) is 2.60. The van der Waals surface area contributed by atoms with E-state index < -0.39 is 34.7 Å². The fourth-order valence-electron chi connectivity index (χ4n) is 2.19. The topological polar surface area (TPSA) is 54.0 Å². The van der Waals surface area contributed by atoms with Crippen LogP contribution < -0.4 is 10.6 Å². The Bertz CT molecular complexity index is 941. The maximum atomic E-state index is 13.6. The molecular weight excluding hydrogens is 350 g/mol. The molecular formula is C18H11F4N3O. The van der Waals surface area contributed by atoms with Crippen molar-refractivity contribution in [3.8, 4) is 0 Å². The first-order valence-electron chi connectivity index (χ1n) is 7.38. The molecule has 2 N–H and O–H groups in total. The summed E-state index contributed by atoms with van der Waals surface area (Å²) in [4.78, 5) is 15.9. The number of aromatic nitrogens is 1. The predicted molar refractivity (Wildman–Crippen MR) is 88.2 cm³/mol. The smallest absolute Gasteiger partial charge is 0.261 e. The molecule has 0 fully saturated rings. The third kappa shape index (κ3) is 3.64. The van der Waals surface area contributed by atoms with Gasteiger partial charge in [0.25, 0.3) is 5.91 Å². The molecule has 0 aliphatic heterocycles. The molecule has 2 aromatic carbocycles. The largest absolute Gasteiger partial charge is 0.338 e. The molecule has 0 unspecified atom stereocenters. The standard InChI is InChI=1S/C18H11F4N3O/c19-11-3-1-4-12(20)16(11)18(26)24-10-7-8-15(23-9-10)25-14-6-2-5-13(21)17(14)22/h1-9H,(H,23,25)(H,24,26). The number of rotatable bonds is 4. The molecule has 1 amide bonds. The molecule has 132 valence electrons. The third-order valence-electron chi connectivity index (χ3n) is 3.43. The SMILES string of the molecule is O=C(Nc1ccc(Nc2cccc(F)c2F)nc1)c1c(F)cccc1F. The van der Waals surface area contributed by atoms with E-state index in [-0.39, 0.29) is 17.2 Å². The minimum Gasteiger partial charge on any atom is -0.338 e. The summed E-state index contributed by atoms with van der Waals surface area (Å²) in [7, 11) is 0. The molecule has 0 aliphatic carbocycles. The highest BCUT2D eigenvalue weighted by molar-refractivity contribution is 6.04. The molecule has 0 saturated carbocycles. The maximum absolute atomic E-state index is 13.6. The summed E-state index contributed by atoms with van der Waals surface area (Å²) in [6.07, 6.45) is 1.20. The number of nitrogens with zero attached hydrogens (tertiary/aromatic N) is 1. The van der Waals surface area contributed by atoms with E-state index in [0.29, 0.717) is 0 Å². The van der Waals surface area contributed by atoms with Gasteiger partial charge in [-0.1, -0.05) is 12.1 Å². The molecule has 0 aliphatic rings. The van der Waals surface area contributed by atoms with Crippen LogP contribution in [0.2, 0.25) is 0 Å². The highest BCUT2D eigenvalue weighted by Gasteiger charge is 2.17. The highest BCUT2D eigenvalue weighted by Crippen LogP contribution is 2.21. The van der Waals surface area contributed by atoms with Gasteiger partial charge in [0.05, 0.1) is 17.6 Å². The predicted octanol–water partition coefficient (Wildman–Crippen LogP) is 4.63. The van der Waals surface area contributed by atoms with E-state index in [1.54, 1.807) is 0 Å². The fourth-order valence-corrected chi connectivity index (χ4v) is 2.19. The lowest BCUT2D eigenvalue weighted by atomic mass is 10.2. The van der Waals surface area contributed by atoms with Gasteiger partial charge >= 0.3 is 0 Å². The van der Waals surface area contributed by atoms with Gasteiger partial charge in [0.15, 0.2) is 11.6 Å². The molecule has 1 heterocycles. The first-order valence-corrected chi connectivity index (χ1v) is 7.38. The van der Waals surface area contributed by atoms with Gasteiger partial charge in [0.1, 0.15) is 23.0 Å². The Morgan fingerprint density at radius 3 is 2.15 bits per heavy atom. The van der Waals surface area contributed by atoms with Crippen molar-refractivity contribution in [1.82, 2.24) is 4.98 Å².